The van der Waals surface area contributed by atoms with Crippen LogP contribution in [0.15, 0.2) is 36.4 Å². The zero-order valence-corrected chi connectivity index (χ0v) is 11.0. The van der Waals surface area contributed by atoms with Crippen LogP contribution >= 0.6 is 11.6 Å². The molecule has 98 valence electrons. The molecule has 0 unspecified atom stereocenters. The van der Waals surface area contributed by atoms with Crippen molar-refractivity contribution in [2.75, 3.05) is 11.1 Å². The Kier molecular flexibility index (Phi) is 3.71. The summed E-state index contributed by atoms with van der Waals surface area (Å²) in [4.78, 5) is 12.0. The Morgan fingerprint density at radius 1 is 1.26 bits per heavy atom. The summed E-state index contributed by atoms with van der Waals surface area (Å²) in [5, 5.41) is 3.15. The predicted octanol–water partition coefficient (Wildman–Crippen LogP) is 3.62. The number of carbonyl (C=O) groups is 1. The fourth-order valence-corrected chi connectivity index (χ4v) is 1.82. The molecule has 0 saturated heterocycles. The second kappa shape index (κ2) is 5.28. The van der Waals surface area contributed by atoms with Gasteiger partial charge in [-0.25, -0.2) is 4.39 Å². The molecular weight excluding hydrogens is 267 g/mol. The fraction of sp³-hybridized carbons (Fsp3) is 0.0714. The van der Waals surface area contributed by atoms with E-state index in [0.717, 1.165) is 0 Å². The Hall–Kier alpha value is -2.07. The van der Waals surface area contributed by atoms with Gasteiger partial charge in [0.05, 0.1) is 5.56 Å². The molecule has 0 radical (unpaired) electrons. The van der Waals surface area contributed by atoms with E-state index in [0.29, 0.717) is 22.0 Å². The third kappa shape index (κ3) is 3.03. The standard InChI is InChI=1S/C14H12ClFN2O/c1-8-6-10(17)7-12(13(8)16)14(19)18-11-4-2-9(15)3-5-11/h2-7H,17H2,1H3,(H,18,19). The van der Waals surface area contributed by atoms with Gasteiger partial charge in [-0.15, -0.1) is 0 Å². The SMILES string of the molecule is Cc1cc(N)cc(C(=O)Nc2ccc(Cl)cc2)c1F. The highest BCUT2D eigenvalue weighted by molar-refractivity contribution is 6.30. The van der Waals surface area contributed by atoms with Crippen molar-refractivity contribution in [3.8, 4) is 0 Å². The van der Waals surface area contributed by atoms with Gasteiger partial charge in [-0.3, -0.25) is 4.79 Å². The minimum atomic E-state index is -0.569. The van der Waals surface area contributed by atoms with Crippen molar-refractivity contribution in [3.63, 3.8) is 0 Å². The minimum absolute atomic E-state index is 0.0764. The normalized spacial score (nSPS) is 10.3. The molecule has 0 heterocycles. The highest BCUT2D eigenvalue weighted by Crippen LogP contribution is 2.19. The van der Waals surface area contributed by atoms with E-state index in [4.69, 9.17) is 17.3 Å². The first-order chi connectivity index (χ1) is 8.97. The third-order valence-corrected chi connectivity index (χ3v) is 2.88. The van der Waals surface area contributed by atoms with Crippen LogP contribution in [0.4, 0.5) is 15.8 Å². The number of rotatable bonds is 2. The van der Waals surface area contributed by atoms with Crippen LogP contribution in [0.3, 0.4) is 0 Å². The first kappa shape index (κ1) is 13.4. The van der Waals surface area contributed by atoms with Gasteiger partial charge in [0.25, 0.3) is 5.91 Å². The zero-order chi connectivity index (χ0) is 14.0. The fourth-order valence-electron chi connectivity index (χ4n) is 1.69. The van der Waals surface area contributed by atoms with Gasteiger partial charge in [0.2, 0.25) is 0 Å². The van der Waals surface area contributed by atoms with E-state index >= 15 is 0 Å². The number of nitrogens with one attached hydrogen (secondary N) is 1. The van der Waals surface area contributed by atoms with Crippen molar-refractivity contribution in [2.45, 2.75) is 6.92 Å². The lowest BCUT2D eigenvalue weighted by atomic mass is 10.1. The smallest absolute Gasteiger partial charge is 0.258 e. The molecule has 0 atom stereocenters. The zero-order valence-electron chi connectivity index (χ0n) is 10.2. The van der Waals surface area contributed by atoms with Crippen LogP contribution in [0, 0.1) is 12.7 Å². The summed E-state index contributed by atoms with van der Waals surface area (Å²) in [5.41, 5.74) is 6.76. The van der Waals surface area contributed by atoms with Crippen LogP contribution in [0.2, 0.25) is 5.02 Å². The summed E-state index contributed by atoms with van der Waals surface area (Å²) in [5.74, 6) is -1.11. The van der Waals surface area contributed by atoms with E-state index in [2.05, 4.69) is 5.32 Å². The molecule has 1 amide bonds. The Morgan fingerprint density at radius 2 is 1.89 bits per heavy atom. The maximum absolute atomic E-state index is 13.9. The summed E-state index contributed by atoms with van der Waals surface area (Å²) in [7, 11) is 0. The Bertz CT molecular complexity index is 626. The van der Waals surface area contributed by atoms with Crippen molar-refractivity contribution < 1.29 is 9.18 Å². The van der Waals surface area contributed by atoms with Crippen LogP contribution in [-0.4, -0.2) is 5.91 Å². The number of benzene rings is 2. The van der Waals surface area contributed by atoms with Crippen molar-refractivity contribution in [3.05, 3.63) is 58.4 Å². The van der Waals surface area contributed by atoms with Crippen molar-refractivity contribution in [1.82, 2.24) is 0 Å². The van der Waals surface area contributed by atoms with Gasteiger partial charge in [0.1, 0.15) is 5.82 Å². The molecule has 3 N–H and O–H groups in total. The molecule has 3 nitrogen and oxygen atoms in total. The molecule has 0 bridgehead atoms. The maximum Gasteiger partial charge on any atom is 0.258 e. The first-order valence-corrected chi connectivity index (χ1v) is 5.97. The molecule has 5 heteroatoms. The summed E-state index contributed by atoms with van der Waals surface area (Å²) in [6, 6.07) is 9.34. The molecule has 0 fully saturated rings. The van der Waals surface area contributed by atoms with E-state index in [1.165, 1.54) is 12.1 Å². The molecular formula is C14H12ClFN2O. The average Bonchev–Trinajstić information content (AvgIpc) is 2.36. The topological polar surface area (TPSA) is 55.1 Å². The number of hydrogen-bond acceptors (Lipinski definition) is 2. The molecule has 2 aromatic carbocycles. The number of hydrogen-bond donors (Lipinski definition) is 2. The lowest BCUT2D eigenvalue weighted by molar-refractivity contribution is 0.102. The van der Waals surface area contributed by atoms with Crippen molar-refractivity contribution >= 4 is 28.9 Å². The van der Waals surface area contributed by atoms with E-state index in [1.807, 2.05) is 0 Å². The van der Waals surface area contributed by atoms with Gasteiger partial charge < -0.3 is 11.1 Å². The minimum Gasteiger partial charge on any atom is -0.399 e. The highest BCUT2D eigenvalue weighted by atomic mass is 35.5. The number of carbonyl (C=O) groups excluding carboxylic acids is 1. The van der Waals surface area contributed by atoms with Crippen molar-refractivity contribution in [1.29, 1.82) is 0 Å². The lowest BCUT2D eigenvalue weighted by Gasteiger charge is -2.08. The van der Waals surface area contributed by atoms with E-state index in [9.17, 15) is 9.18 Å². The first-order valence-electron chi connectivity index (χ1n) is 5.60. The van der Waals surface area contributed by atoms with Crippen LogP contribution in [0.5, 0.6) is 0 Å². The number of amides is 1. The summed E-state index contributed by atoms with van der Waals surface area (Å²) >= 11 is 5.74. The molecule has 0 aliphatic rings. The third-order valence-electron chi connectivity index (χ3n) is 2.62. The average molecular weight is 279 g/mol. The molecule has 2 rings (SSSR count). The highest BCUT2D eigenvalue weighted by Gasteiger charge is 2.14. The summed E-state index contributed by atoms with van der Waals surface area (Å²) in [6.07, 6.45) is 0. The number of anilines is 2. The van der Waals surface area contributed by atoms with Gasteiger partial charge in [-0.2, -0.15) is 0 Å². The second-order valence-electron chi connectivity index (χ2n) is 4.16. The molecule has 2 aromatic rings. The summed E-state index contributed by atoms with van der Waals surface area (Å²) in [6.45, 7) is 1.56. The Labute approximate surface area is 115 Å². The lowest BCUT2D eigenvalue weighted by Crippen LogP contribution is -2.15. The van der Waals surface area contributed by atoms with Gasteiger partial charge in [-0.05, 0) is 48.9 Å². The largest absolute Gasteiger partial charge is 0.399 e. The molecule has 0 aliphatic carbocycles. The van der Waals surface area contributed by atoms with Crippen LogP contribution in [0.25, 0.3) is 0 Å². The molecule has 19 heavy (non-hydrogen) atoms. The van der Waals surface area contributed by atoms with E-state index < -0.39 is 11.7 Å². The number of aryl methyl sites for hydroxylation is 1. The van der Waals surface area contributed by atoms with Crippen LogP contribution in [-0.2, 0) is 0 Å². The van der Waals surface area contributed by atoms with Crippen LogP contribution in [0.1, 0.15) is 15.9 Å². The quantitative estimate of drug-likeness (QED) is 0.824. The van der Waals surface area contributed by atoms with Crippen LogP contribution < -0.4 is 11.1 Å². The van der Waals surface area contributed by atoms with Crippen molar-refractivity contribution in [2.24, 2.45) is 0 Å². The van der Waals surface area contributed by atoms with Gasteiger partial charge in [0.15, 0.2) is 0 Å². The second-order valence-corrected chi connectivity index (χ2v) is 4.60. The summed E-state index contributed by atoms with van der Waals surface area (Å²) < 4.78 is 13.9. The molecule has 0 saturated carbocycles. The molecule has 0 aliphatic heterocycles. The number of halogens is 2. The monoisotopic (exact) mass is 278 g/mol. The predicted molar refractivity (Wildman–Crippen MR) is 75.0 cm³/mol. The number of nitrogen functional groups attached to an aromatic ring is 1. The molecule has 0 aromatic heterocycles. The van der Waals surface area contributed by atoms with Gasteiger partial charge in [-0.1, -0.05) is 11.6 Å². The van der Waals surface area contributed by atoms with Gasteiger partial charge in [0, 0.05) is 16.4 Å². The number of nitrogens with two attached hydrogens (primary N) is 1. The Morgan fingerprint density at radius 3 is 2.53 bits per heavy atom. The van der Waals surface area contributed by atoms with E-state index in [-0.39, 0.29) is 5.56 Å². The van der Waals surface area contributed by atoms with E-state index in [1.54, 1.807) is 31.2 Å². The van der Waals surface area contributed by atoms with Gasteiger partial charge >= 0.3 is 0 Å². The molecule has 0 spiro atoms. The Balaban J connectivity index is 2.27. The maximum atomic E-state index is 13.9.